The van der Waals surface area contributed by atoms with Crippen LogP contribution in [0.25, 0.3) is 0 Å². The zero-order valence-corrected chi connectivity index (χ0v) is 16.0. The average Bonchev–Trinajstić information content (AvgIpc) is 3.07. The van der Waals surface area contributed by atoms with E-state index in [1.165, 1.54) is 36.1 Å². The molecule has 1 amide bonds. The molecule has 0 aliphatic carbocycles. The third-order valence-corrected chi connectivity index (χ3v) is 5.69. The molecular weight excluding hydrogens is 348 g/mol. The van der Waals surface area contributed by atoms with Gasteiger partial charge in [-0.25, -0.2) is 0 Å². The van der Waals surface area contributed by atoms with E-state index in [1.54, 1.807) is 7.11 Å². The van der Waals surface area contributed by atoms with E-state index in [1.807, 2.05) is 29.5 Å². The number of primary amides is 1. The van der Waals surface area contributed by atoms with Gasteiger partial charge in [0.1, 0.15) is 0 Å². The second kappa shape index (κ2) is 9.05. The summed E-state index contributed by atoms with van der Waals surface area (Å²) in [5.41, 5.74) is 6.33. The summed E-state index contributed by atoms with van der Waals surface area (Å²) < 4.78 is 10.9. The summed E-state index contributed by atoms with van der Waals surface area (Å²) in [5.74, 6) is 0.673. The van der Waals surface area contributed by atoms with Crippen LogP contribution in [0.15, 0.2) is 35.7 Å². The summed E-state index contributed by atoms with van der Waals surface area (Å²) >= 11 is 1.84. The molecule has 140 valence electrons. The molecule has 1 aromatic heterocycles. The zero-order valence-electron chi connectivity index (χ0n) is 15.1. The van der Waals surface area contributed by atoms with E-state index in [2.05, 4.69) is 22.4 Å². The van der Waals surface area contributed by atoms with Crippen molar-refractivity contribution in [3.63, 3.8) is 0 Å². The fourth-order valence-corrected chi connectivity index (χ4v) is 4.37. The second-order valence-corrected chi connectivity index (χ2v) is 7.57. The monoisotopic (exact) mass is 374 g/mol. The van der Waals surface area contributed by atoms with Gasteiger partial charge in [-0.3, -0.25) is 9.69 Å². The Morgan fingerprint density at radius 3 is 2.88 bits per heavy atom. The number of thiophene rings is 1. The van der Waals surface area contributed by atoms with E-state index in [4.69, 9.17) is 15.2 Å². The molecular formula is C20H26N2O3S. The molecule has 0 bridgehead atoms. The molecule has 26 heavy (non-hydrogen) atoms. The van der Waals surface area contributed by atoms with Gasteiger partial charge in [-0.2, -0.15) is 0 Å². The number of carbonyl (C=O) groups is 1. The average molecular weight is 375 g/mol. The minimum Gasteiger partial charge on any atom is -0.493 e. The fraction of sp³-hybridized carbons (Fsp3) is 0.450. The smallest absolute Gasteiger partial charge is 0.255 e. The Labute approximate surface area is 158 Å². The molecule has 0 spiro atoms. The van der Waals surface area contributed by atoms with Crippen LogP contribution in [0.2, 0.25) is 0 Å². The quantitative estimate of drug-likeness (QED) is 0.802. The maximum absolute atomic E-state index is 10.9. The molecule has 1 saturated heterocycles. The van der Waals surface area contributed by atoms with Crippen LogP contribution in [-0.2, 0) is 11.3 Å². The first-order valence-corrected chi connectivity index (χ1v) is 9.91. The maximum atomic E-state index is 10.9. The highest BCUT2D eigenvalue weighted by Crippen LogP contribution is 2.35. The van der Waals surface area contributed by atoms with Crippen molar-refractivity contribution >= 4 is 17.2 Å². The first-order valence-electron chi connectivity index (χ1n) is 9.03. The number of ether oxygens (including phenoxy) is 2. The number of nitrogens with zero attached hydrogens (tertiary/aromatic N) is 1. The molecule has 1 atom stereocenters. The van der Waals surface area contributed by atoms with Crippen molar-refractivity contribution < 1.29 is 14.3 Å². The van der Waals surface area contributed by atoms with Crippen LogP contribution in [0.4, 0.5) is 0 Å². The van der Waals surface area contributed by atoms with Gasteiger partial charge in [-0.1, -0.05) is 25.0 Å². The summed E-state index contributed by atoms with van der Waals surface area (Å²) in [6, 6.07) is 10.7. The molecule has 1 aliphatic rings. The molecule has 0 unspecified atom stereocenters. The van der Waals surface area contributed by atoms with E-state index in [0.29, 0.717) is 17.5 Å². The van der Waals surface area contributed by atoms with E-state index in [-0.39, 0.29) is 6.61 Å². The Morgan fingerprint density at radius 1 is 1.27 bits per heavy atom. The molecule has 0 saturated carbocycles. The van der Waals surface area contributed by atoms with Crippen LogP contribution < -0.4 is 15.2 Å². The van der Waals surface area contributed by atoms with Gasteiger partial charge in [0.2, 0.25) is 0 Å². The predicted octanol–water partition coefficient (Wildman–Crippen LogP) is 3.74. The largest absolute Gasteiger partial charge is 0.493 e. The van der Waals surface area contributed by atoms with Crippen molar-refractivity contribution in [1.82, 2.24) is 4.90 Å². The third-order valence-electron chi connectivity index (χ3n) is 4.72. The topological polar surface area (TPSA) is 64.8 Å². The molecule has 1 aliphatic heterocycles. The van der Waals surface area contributed by atoms with Crippen molar-refractivity contribution in [3.8, 4) is 11.5 Å². The normalized spacial score (nSPS) is 18.3. The molecule has 0 radical (unpaired) electrons. The Hall–Kier alpha value is -2.05. The Morgan fingerprint density at radius 2 is 2.15 bits per heavy atom. The van der Waals surface area contributed by atoms with Crippen molar-refractivity contribution in [1.29, 1.82) is 0 Å². The number of carbonyl (C=O) groups excluding carboxylic acids is 1. The van der Waals surface area contributed by atoms with Gasteiger partial charge in [0.25, 0.3) is 5.91 Å². The minimum absolute atomic E-state index is 0.151. The van der Waals surface area contributed by atoms with Gasteiger partial charge < -0.3 is 15.2 Å². The van der Waals surface area contributed by atoms with Crippen LogP contribution in [0.1, 0.15) is 42.2 Å². The van der Waals surface area contributed by atoms with E-state index >= 15 is 0 Å². The molecule has 3 rings (SSSR count). The number of benzene rings is 1. The highest BCUT2D eigenvalue weighted by Gasteiger charge is 2.23. The molecule has 1 aromatic carbocycles. The van der Waals surface area contributed by atoms with Crippen molar-refractivity contribution in [2.45, 2.75) is 38.3 Å². The van der Waals surface area contributed by atoms with Crippen LogP contribution in [-0.4, -0.2) is 31.1 Å². The SMILES string of the molecule is COc1cc(CN2CCCCC[C@H]2c2cccs2)ccc1OCC(N)=O. The predicted molar refractivity (Wildman–Crippen MR) is 104 cm³/mol. The Kier molecular flexibility index (Phi) is 6.52. The Bertz CT molecular complexity index is 718. The summed E-state index contributed by atoms with van der Waals surface area (Å²) in [4.78, 5) is 14.9. The highest BCUT2D eigenvalue weighted by molar-refractivity contribution is 7.10. The van der Waals surface area contributed by atoms with Gasteiger partial charge in [0.15, 0.2) is 18.1 Å². The third kappa shape index (κ3) is 4.77. The van der Waals surface area contributed by atoms with Crippen molar-refractivity contribution in [3.05, 3.63) is 46.2 Å². The van der Waals surface area contributed by atoms with Gasteiger partial charge in [0.05, 0.1) is 7.11 Å². The van der Waals surface area contributed by atoms with E-state index < -0.39 is 5.91 Å². The van der Waals surface area contributed by atoms with E-state index in [0.717, 1.165) is 13.1 Å². The van der Waals surface area contributed by atoms with E-state index in [9.17, 15) is 4.79 Å². The van der Waals surface area contributed by atoms with Crippen LogP contribution in [0.3, 0.4) is 0 Å². The van der Waals surface area contributed by atoms with Crippen LogP contribution in [0.5, 0.6) is 11.5 Å². The maximum Gasteiger partial charge on any atom is 0.255 e. The molecule has 6 heteroatoms. The number of amides is 1. The standard InChI is InChI=1S/C20H26N2O3S/c1-24-18-12-15(8-9-17(18)25-14-20(21)23)13-22-10-4-2-3-6-16(22)19-7-5-11-26-19/h5,7-9,11-12,16H,2-4,6,10,13-14H2,1H3,(H2,21,23)/t16-/m0/s1. The molecule has 1 fully saturated rings. The van der Waals surface area contributed by atoms with Gasteiger partial charge >= 0.3 is 0 Å². The van der Waals surface area contributed by atoms with Crippen LogP contribution in [0, 0.1) is 0 Å². The Balaban J connectivity index is 1.76. The van der Waals surface area contributed by atoms with Crippen LogP contribution >= 0.6 is 11.3 Å². The lowest BCUT2D eigenvalue weighted by atomic mass is 10.1. The summed E-state index contributed by atoms with van der Waals surface area (Å²) in [7, 11) is 1.61. The molecule has 5 nitrogen and oxygen atoms in total. The first kappa shape index (κ1) is 18.7. The lowest BCUT2D eigenvalue weighted by molar-refractivity contribution is -0.119. The number of rotatable bonds is 7. The van der Waals surface area contributed by atoms with Gasteiger partial charge in [0, 0.05) is 17.5 Å². The second-order valence-electron chi connectivity index (χ2n) is 6.59. The number of hydrogen-bond acceptors (Lipinski definition) is 5. The molecule has 2 N–H and O–H groups in total. The van der Waals surface area contributed by atoms with Crippen molar-refractivity contribution in [2.24, 2.45) is 5.73 Å². The minimum atomic E-state index is -0.500. The highest BCUT2D eigenvalue weighted by atomic mass is 32.1. The summed E-state index contributed by atoms with van der Waals surface area (Å²) in [6.07, 6.45) is 5.01. The number of hydrogen-bond donors (Lipinski definition) is 1. The zero-order chi connectivity index (χ0) is 18.4. The number of methoxy groups -OCH3 is 1. The van der Waals surface area contributed by atoms with Gasteiger partial charge in [-0.15, -0.1) is 11.3 Å². The summed E-state index contributed by atoms with van der Waals surface area (Å²) in [5, 5.41) is 2.16. The fourth-order valence-electron chi connectivity index (χ4n) is 3.47. The lowest BCUT2D eigenvalue weighted by Gasteiger charge is -2.29. The number of likely N-dealkylation sites (tertiary alicyclic amines) is 1. The summed E-state index contributed by atoms with van der Waals surface area (Å²) in [6.45, 7) is 1.82. The first-order chi connectivity index (χ1) is 12.7. The molecule has 2 heterocycles. The van der Waals surface area contributed by atoms with Gasteiger partial charge in [-0.05, 0) is 48.5 Å². The van der Waals surface area contributed by atoms with Crippen molar-refractivity contribution in [2.75, 3.05) is 20.3 Å². The molecule has 2 aromatic rings. The number of nitrogens with two attached hydrogens (primary N) is 1. The lowest BCUT2D eigenvalue weighted by Crippen LogP contribution is -2.27.